The molecule has 0 saturated carbocycles. The summed E-state index contributed by atoms with van der Waals surface area (Å²) >= 11 is 12.0. The van der Waals surface area contributed by atoms with Crippen LogP contribution in [0.3, 0.4) is 0 Å². The molecule has 0 saturated heterocycles. The van der Waals surface area contributed by atoms with Crippen molar-refractivity contribution in [3.8, 4) is 6.07 Å². The Bertz CT molecular complexity index is 856. The van der Waals surface area contributed by atoms with E-state index in [1.807, 2.05) is 13.0 Å². The van der Waals surface area contributed by atoms with Crippen LogP contribution < -0.4 is 16.4 Å². The van der Waals surface area contributed by atoms with Crippen LogP contribution in [0.15, 0.2) is 48.2 Å². The largest absolute Gasteiger partial charge is 0.399 e. The maximum Gasteiger partial charge on any atom is 0.267 e. The molecule has 0 spiro atoms. The zero-order valence-corrected chi connectivity index (χ0v) is 14.2. The number of halogens is 2. The lowest BCUT2D eigenvalue weighted by Crippen LogP contribution is -2.15. The van der Waals surface area contributed by atoms with Gasteiger partial charge >= 0.3 is 0 Å². The smallest absolute Gasteiger partial charge is 0.267 e. The summed E-state index contributed by atoms with van der Waals surface area (Å²) in [6.07, 6.45) is 1.28. The monoisotopic (exact) mass is 360 g/mol. The second kappa shape index (κ2) is 7.73. The number of aryl methyl sites for hydroxylation is 1. The fourth-order valence-corrected chi connectivity index (χ4v) is 2.28. The number of anilines is 3. The van der Waals surface area contributed by atoms with E-state index in [4.69, 9.17) is 28.9 Å². The second-order valence-electron chi connectivity index (χ2n) is 4.97. The van der Waals surface area contributed by atoms with E-state index in [2.05, 4.69) is 10.6 Å². The lowest BCUT2D eigenvalue weighted by molar-refractivity contribution is -0.112. The van der Waals surface area contributed by atoms with Crippen LogP contribution >= 0.6 is 23.2 Å². The van der Waals surface area contributed by atoms with Gasteiger partial charge in [-0.05, 0) is 42.8 Å². The van der Waals surface area contributed by atoms with E-state index in [0.29, 0.717) is 27.1 Å². The molecule has 0 aliphatic carbocycles. The Balaban J connectivity index is 2.16. The predicted octanol–water partition coefficient (Wildman–Crippen LogP) is 4.34. The quantitative estimate of drug-likeness (QED) is 0.429. The van der Waals surface area contributed by atoms with Crippen LogP contribution in [0.25, 0.3) is 0 Å². The van der Waals surface area contributed by atoms with E-state index in [9.17, 15) is 10.1 Å². The fourth-order valence-electron chi connectivity index (χ4n) is 1.87. The SMILES string of the molecule is Cc1ccc(Cl)cc1NC(=O)/C(C#N)=C\Nc1ccc(N)cc1Cl. The van der Waals surface area contributed by atoms with Crippen LogP contribution in [-0.4, -0.2) is 5.91 Å². The van der Waals surface area contributed by atoms with Gasteiger partial charge < -0.3 is 16.4 Å². The van der Waals surface area contributed by atoms with Crippen molar-refractivity contribution in [1.29, 1.82) is 5.26 Å². The van der Waals surface area contributed by atoms with E-state index in [1.54, 1.807) is 36.4 Å². The molecule has 0 atom stereocenters. The summed E-state index contributed by atoms with van der Waals surface area (Å²) in [6, 6.07) is 11.8. The molecule has 0 unspecified atom stereocenters. The summed E-state index contributed by atoms with van der Waals surface area (Å²) in [5.41, 5.74) is 7.93. The number of hydrogen-bond donors (Lipinski definition) is 3. The Labute approximate surface area is 149 Å². The first kappa shape index (κ1) is 17.7. The zero-order chi connectivity index (χ0) is 17.7. The highest BCUT2D eigenvalue weighted by Gasteiger charge is 2.11. The predicted molar refractivity (Wildman–Crippen MR) is 98.0 cm³/mol. The third-order valence-electron chi connectivity index (χ3n) is 3.18. The number of nitrogen functional groups attached to an aromatic ring is 1. The molecule has 5 nitrogen and oxygen atoms in total. The topological polar surface area (TPSA) is 90.9 Å². The summed E-state index contributed by atoms with van der Waals surface area (Å²) in [7, 11) is 0. The van der Waals surface area contributed by atoms with E-state index < -0.39 is 5.91 Å². The molecule has 4 N–H and O–H groups in total. The van der Waals surface area contributed by atoms with Gasteiger partial charge in [-0.3, -0.25) is 4.79 Å². The molecule has 7 heteroatoms. The molecule has 0 bridgehead atoms. The van der Waals surface area contributed by atoms with Crippen LogP contribution in [0.2, 0.25) is 10.0 Å². The molecule has 0 fully saturated rings. The molecule has 0 radical (unpaired) electrons. The van der Waals surface area contributed by atoms with E-state index in [1.165, 1.54) is 6.20 Å². The number of rotatable bonds is 4. The number of carbonyl (C=O) groups excluding carboxylic acids is 1. The van der Waals surface area contributed by atoms with Crippen LogP contribution in [0.5, 0.6) is 0 Å². The summed E-state index contributed by atoms with van der Waals surface area (Å²) in [5.74, 6) is -0.554. The fraction of sp³-hybridized carbons (Fsp3) is 0.0588. The molecule has 2 rings (SSSR count). The van der Waals surface area contributed by atoms with Crippen molar-refractivity contribution in [1.82, 2.24) is 0 Å². The van der Waals surface area contributed by atoms with Crippen LogP contribution in [0.1, 0.15) is 5.56 Å². The number of amides is 1. The Morgan fingerprint density at radius 3 is 2.62 bits per heavy atom. The molecule has 24 heavy (non-hydrogen) atoms. The van der Waals surface area contributed by atoms with Crippen molar-refractivity contribution in [2.45, 2.75) is 6.92 Å². The number of benzene rings is 2. The molecule has 122 valence electrons. The number of nitrogens with zero attached hydrogens (tertiary/aromatic N) is 1. The number of hydrogen-bond acceptors (Lipinski definition) is 4. The summed E-state index contributed by atoms with van der Waals surface area (Å²) in [5, 5.41) is 15.5. The van der Waals surface area contributed by atoms with Gasteiger partial charge in [-0.25, -0.2) is 0 Å². The first-order valence-corrected chi connectivity index (χ1v) is 7.65. The summed E-state index contributed by atoms with van der Waals surface area (Å²) < 4.78 is 0. The number of nitriles is 1. The molecule has 0 aliphatic rings. The van der Waals surface area contributed by atoms with Gasteiger partial charge in [-0.1, -0.05) is 29.3 Å². The second-order valence-corrected chi connectivity index (χ2v) is 5.81. The third-order valence-corrected chi connectivity index (χ3v) is 3.73. The standard InChI is InChI=1S/C17H14Cl2N4O/c1-10-2-3-12(18)6-16(10)23-17(24)11(8-20)9-22-15-5-4-13(21)7-14(15)19/h2-7,9,22H,21H2,1H3,(H,23,24)/b11-9-. The highest BCUT2D eigenvalue weighted by atomic mass is 35.5. The molecule has 0 aromatic heterocycles. The van der Waals surface area contributed by atoms with Crippen LogP contribution in [0, 0.1) is 18.3 Å². The normalized spacial score (nSPS) is 10.8. The molecule has 2 aromatic carbocycles. The maximum atomic E-state index is 12.2. The van der Waals surface area contributed by atoms with Gasteiger partial charge in [0.2, 0.25) is 0 Å². The Kier molecular flexibility index (Phi) is 5.69. The minimum absolute atomic E-state index is 0.109. The van der Waals surface area contributed by atoms with E-state index in [0.717, 1.165) is 5.56 Å². The molecule has 0 aliphatic heterocycles. The van der Waals surface area contributed by atoms with Gasteiger partial charge in [0.1, 0.15) is 11.6 Å². The van der Waals surface area contributed by atoms with Crippen molar-refractivity contribution >= 4 is 46.2 Å². The third kappa shape index (κ3) is 4.42. The van der Waals surface area contributed by atoms with Crippen molar-refractivity contribution in [2.75, 3.05) is 16.4 Å². The number of carbonyl (C=O) groups is 1. The Hall–Kier alpha value is -2.68. The van der Waals surface area contributed by atoms with E-state index in [-0.39, 0.29) is 5.57 Å². The molecule has 2 aromatic rings. The van der Waals surface area contributed by atoms with Gasteiger partial charge in [-0.2, -0.15) is 5.26 Å². The lowest BCUT2D eigenvalue weighted by Gasteiger charge is -2.09. The summed E-state index contributed by atoms with van der Waals surface area (Å²) in [4.78, 5) is 12.2. The Morgan fingerprint density at radius 2 is 1.96 bits per heavy atom. The Morgan fingerprint density at radius 1 is 1.21 bits per heavy atom. The minimum atomic E-state index is -0.554. The lowest BCUT2D eigenvalue weighted by atomic mass is 10.2. The van der Waals surface area contributed by atoms with Gasteiger partial charge in [0.25, 0.3) is 5.91 Å². The van der Waals surface area contributed by atoms with Gasteiger partial charge in [0.15, 0.2) is 0 Å². The molecule has 1 amide bonds. The van der Waals surface area contributed by atoms with Crippen molar-refractivity contribution in [3.63, 3.8) is 0 Å². The van der Waals surface area contributed by atoms with Crippen LogP contribution in [0.4, 0.5) is 17.1 Å². The highest BCUT2D eigenvalue weighted by Crippen LogP contribution is 2.24. The van der Waals surface area contributed by atoms with Gasteiger partial charge in [0, 0.05) is 22.6 Å². The van der Waals surface area contributed by atoms with Gasteiger partial charge in [-0.15, -0.1) is 0 Å². The average Bonchev–Trinajstić information content (AvgIpc) is 2.53. The first-order chi connectivity index (χ1) is 11.4. The maximum absolute atomic E-state index is 12.2. The van der Waals surface area contributed by atoms with Gasteiger partial charge in [0.05, 0.1) is 10.7 Å². The van der Waals surface area contributed by atoms with Crippen molar-refractivity contribution in [2.24, 2.45) is 0 Å². The minimum Gasteiger partial charge on any atom is -0.399 e. The number of nitrogens with two attached hydrogens (primary N) is 1. The molecule has 0 heterocycles. The van der Waals surface area contributed by atoms with Crippen molar-refractivity contribution < 1.29 is 4.79 Å². The highest BCUT2D eigenvalue weighted by molar-refractivity contribution is 6.33. The zero-order valence-electron chi connectivity index (χ0n) is 12.7. The summed E-state index contributed by atoms with van der Waals surface area (Å²) in [6.45, 7) is 1.83. The number of nitrogens with one attached hydrogen (secondary N) is 2. The first-order valence-electron chi connectivity index (χ1n) is 6.90. The average molecular weight is 361 g/mol. The van der Waals surface area contributed by atoms with Crippen molar-refractivity contribution in [3.05, 3.63) is 63.8 Å². The van der Waals surface area contributed by atoms with E-state index >= 15 is 0 Å². The molecular formula is C17H14Cl2N4O. The molecular weight excluding hydrogens is 347 g/mol. The van der Waals surface area contributed by atoms with Crippen LogP contribution in [-0.2, 0) is 4.79 Å².